The Balaban J connectivity index is 2.77. The molecule has 3 N–H and O–H groups in total. The van der Waals surface area contributed by atoms with Gasteiger partial charge in [-0.15, -0.1) is 6.58 Å². The second kappa shape index (κ2) is 7.64. The van der Waals surface area contributed by atoms with E-state index in [1.54, 1.807) is 24.3 Å². The van der Waals surface area contributed by atoms with E-state index in [0.717, 1.165) is 4.90 Å². The molecule has 0 heterocycles. The minimum absolute atomic E-state index is 0.149. The van der Waals surface area contributed by atoms with Crippen molar-refractivity contribution in [3.63, 3.8) is 0 Å². The first-order valence-corrected chi connectivity index (χ1v) is 6.13. The number of primary amides is 1. The molecule has 1 rings (SSSR count). The summed E-state index contributed by atoms with van der Waals surface area (Å²) in [7, 11) is 0. The first kappa shape index (κ1) is 16.2. The van der Waals surface area contributed by atoms with Crippen molar-refractivity contribution in [1.82, 2.24) is 4.90 Å². The first-order chi connectivity index (χ1) is 9.93. The van der Waals surface area contributed by atoms with Crippen LogP contribution < -0.4 is 5.73 Å². The van der Waals surface area contributed by atoms with Gasteiger partial charge in [-0.3, -0.25) is 14.4 Å². The molecule has 6 heteroatoms. The molecule has 2 amide bonds. The summed E-state index contributed by atoms with van der Waals surface area (Å²) in [6.07, 6.45) is 4.26. The molecular formula is C15H16N2O4. The number of rotatable bonds is 7. The quantitative estimate of drug-likeness (QED) is 0.575. The summed E-state index contributed by atoms with van der Waals surface area (Å²) in [5.41, 5.74) is 6.19. The lowest BCUT2D eigenvalue weighted by molar-refractivity contribution is -0.142. The van der Waals surface area contributed by atoms with Gasteiger partial charge in [-0.05, 0) is 23.8 Å². The molecule has 0 spiro atoms. The van der Waals surface area contributed by atoms with Crippen LogP contribution in [0.15, 0.2) is 43.0 Å². The predicted octanol–water partition coefficient (Wildman–Crippen LogP) is 0.898. The van der Waals surface area contributed by atoms with Crippen LogP contribution in [0.1, 0.15) is 15.9 Å². The number of aliphatic carboxylic acids is 1. The van der Waals surface area contributed by atoms with Crippen LogP contribution >= 0.6 is 0 Å². The topological polar surface area (TPSA) is 101 Å². The molecule has 110 valence electrons. The molecule has 0 atom stereocenters. The molecule has 0 bridgehead atoms. The normalized spacial score (nSPS) is 10.3. The van der Waals surface area contributed by atoms with Crippen LogP contribution in [-0.2, 0) is 9.59 Å². The van der Waals surface area contributed by atoms with Crippen LogP contribution in [0.25, 0.3) is 6.08 Å². The summed E-state index contributed by atoms with van der Waals surface area (Å²) in [4.78, 5) is 34.6. The molecular weight excluding hydrogens is 272 g/mol. The van der Waals surface area contributed by atoms with Gasteiger partial charge in [0.1, 0.15) is 6.54 Å². The lowest BCUT2D eigenvalue weighted by atomic mass is 10.1. The summed E-state index contributed by atoms with van der Waals surface area (Å²) < 4.78 is 0. The smallest absolute Gasteiger partial charge is 0.323 e. The number of hydrogen-bond donors (Lipinski definition) is 2. The van der Waals surface area contributed by atoms with Gasteiger partial charge in [-0.1, -0.05) is 18.2 Å². The fourth-order valence-electron chi connectivity index (χ4n) is 1.58. The summed E-state index contributed by atoms with van der Waals surface area (Å²) in [5, 5.41) is 8.73. The van der Waals surface area contributed by atoms with Crippen LogP contribution in [0.5, 0.6) is 0 Å². The third-order valence-electron chi connectivity index (χ3n) is 2.60. The van der Waals surface area contributed by atoms with Crippen molar-refractivity contribution in [2.45, 2.75) is 0 Å². The van der Waals surface area contributed by atoms with Crippen molar-refractivity contribution >= 4 is 23.9 Å². The van der Waals surface area contributed by atoms with Crippen molar-refractivity contribution in [1.29, 1.82) is 0 Å². The van der Waals surface area contributed by atoms with Gasteiger partial charge < -0.3 is 15.7 Å². The van der Waals surface area contributed by atoms with Crippen molar-refractivity contribution in [2.75, 3.05) is 13.1 Å². The van der Waals surface area contributed by atoms with Crippen LogP contribution in [0.4, 0.5) is 0 Å². The first-order valence-electron chi connectivity index (χ1n) is 6.13. The van der Waals surface area contributed by atoms with Gasteiger partial charge in [0.15, 0.2) is 0 Å². The maximum Gasteiger partial charge on any atom is 0.323 e. The van der Waals surface area contributed by atoms with E-state index in [2.05, 4.69) is 6.58 Å². The Hall–Kier alpha value is -2.89. The molecule has 1 aromatic rings. The molecule has 0 saturated carbocycles. The molecule has 0 aliphatic rings. The highest BCUT2D eigenvalue weighted by Crippen LogP contribution is 2.06. The fraction of sp³-hybridized carbons (Fsp3) is 0.133. The maximum absolute atomic E-state index is 11.9. The predicted molar refractivity (Wildman–Crippen MR) is 78.4 cm³/mol. The molecule has 6 nitrogen and oxygen atoms in total. The molecule has 0 radical (unpaired) electrons. The van der Waals surface area contributed by atoms with Crippen LogP contribution in [0, 0.1) is 0 Å². The minimum Gasteiger partial charge on any atom is -0.480 e. The number of nitrogens with zero attached hydrogens (tertiary/aromatic N) is 1. The second-order valence-electron chi connectivity index (χ2n) is 4.22. The van der Waals surface area contributed by atoms with E-state index in [9.17, 15) is 14.4 Å². The molecule has 1 aromatic carbocycles. The number of amides is 2. The molecule has 0 aliphatic carbocycles. The van der Waals surface area contributed by atoms with E-state index >= 15 is 0 Å². The average Bonchev–Trinajstić information content (AvgIpc) is 2.44. The third-order valence-corrected chi connectivity index (χ3v) is 2.60. The highest BCUT2D eigenvalue weighted by Gasteiger charge is 2.12. The lowest BCUT2D eigenvalue weighted by Gasteiger charge is -2.16. The molecule has 0 saturated heterocycles. The highest BCUT2D eigenvalue weighted by molar-refractivity contribution is 5.94. The Morgan fingerprint density at radius 1 is 1.24 bits per heavy atom. The van der Waals surface area contributed by atoms with Gasteiger partial charge in [0, 0.05) is 18.2 Å². The molecule has 0 unspecified atom stereocenters. The van der Waals surface area contributed by atoms with Crippen LogP contribution in [0.3, 0.4) is 0 Å². The van der Waals surface area contributed by atoms with Crippen LogP contribution in [-0.4, -0.2) is 40.9 Å². The Morgan fingerprint density at radius 2 is 1.86 bits per heavy atom. The average molecular weight is 288 g/mol. The van der Waals surface area contributed by atoms with Crippen molar-refractivity contribution < 1.29 is 19.5 Å². The van der Waals surface area contributed by atoms with Gasteiger partial charge in [0.2, 0.25) is 11.8 Å². The third kappa shape index (κ3) is 5.32. The van der Waals surface area contributed by atoms with Crippen molar-refractivity contribution in [3.05, 3.63) is 54.1 Å². The van der Waals surface area contributed by atoms with Gasteiger partial charge in [-0.25, -0.2) is 0 Å². The van der Waals surface area contributed by atoms with E-state index in [0.29, 0.717) is 11.1 Å². The maximum atomic E-state index is 11.9. The van der Waals surface area contributed by atoms with Gasteiger partial charge in [-0.2, -0.15) is 0 Å². The SMILES string of the molecule is C=CCN(CC(=O)O)C(=O)C=Cc1ccc(C(N)=O)cc1. The monoisotopic (exact) mass is 288 g/mol. The zero-order valence-electron chi connectivity index (χ0n) is 11.4. The molecule has 0 aliphatic heterocycles. The summed E-state index contributed by atoms with van der Waals surface area (Å²) >= 11 is 0. The van der Waals surface area contributed by atoms with E-state index in [-0.39, 0.29) is 6.54 Å². The number of carboxylic acids is 1. The Labute approximate surface area is 122 Å². The largest absolute Gasteiger partial charge is 0.480 e. The standard InChI is InChI=1S/C15H16N2O4/c1-2-9-17(10-14(19)20)13(18)8-5-11-3-6-12(7-4-11)15(16)21/h2-8H,1,9-10H2,(H2,16,21)(H,19,20). The molecule has 0 aromatic heterocycles. The summed E-state index contributed by atoms with van der Waals surface area (Å²) in [5.74, 6) is -2.05. The number of carbonyl (C=O) groups is 3. The van der Waals surface area contributed by atoms with Crippen molar-refractivity contribution in [2.24, 2.45) is 5.73 Å². The molecule has 0 fully saturated rings. The van der Waals surface area contributed by atoms with E-state index in [1.165, 1.54) is 18.2 Å². The van der Waals surface area contributed by atoms with E-state index in [4.69, 9.17) is 10.8 Å². The van der Waals surface area contributed by atoms with Gasteiger partial charge in [0.05, 0.1) is 0 Å². The van der Waals surface area contributed by atoms with Gasteiger partial charge >= 0.3 is 5.97 Å². The highest BCUT2D eigenvalue weighted by atomic mass is 16.4. The minimum atomic E-state index is -1.09. The second-order valence-corrected chi connectivity index (χ2v) is 4.22. The Morgan fingerprint density at radius 3 is 2.33 bits per heavy atom. The number of nitrogens with two attached hydrogens (primary N) is 1. The van der Waals surface area contributed by atoms with Crippen molar-refractivity contribution in [3.8, 4) is 0 Å². The number of carbonyl (C=O) groups excluding carboxylic acids is 2. The number of hydrogen-bond acceptors (Lipinski definition) is 3. The molecule has 21 heavy (non-hydrogen) atoms. The Bertz CT molecular complexity index is 576. The fourth-order valence-corrected chi connectivity index (χ4v) is 1.58. The zero-order chi connectivity index (χ0) is 15.8. The Kier molecular flexibility index (Phi) is 5.88. The van der Waals surface area contributed by atoms with E-state index < -0.39 is 24.3 Å². The lowest BCUT2D eigenvalue weighted by Crippen LogP contribution is -2.34. The summed E-state index contributed by atoms with van der Waals surface area (Å²) in [6.45, 7) is 3.24. The number of carboxylic acid groups (broad SMARTS) is 1. The van der Waals surface area contributed by atoms with Crippen LogP contribution in [0.2, 0.25) is 0 Å². The van der Waals surface area contributed by atoms with Gasteiger partial charge in [0.25, 0.3) is 0 Å². The summed E-state index contributed by atoms with van der Waals surface area (Å²) in [6, 6.07) is 6.37. The zero-order valence-corrected chi connectivity index (χ0v) is 11.4. The van der Waals surface area contributed by atoms with E-state index in [1.807, 2.05) is 0 Å². The number of benzene rings is 1.